The van der Waals surface area contributed by atoms with Crippen LogP contribution in [0.25, 0.3) is 11.2 Å². The summed E-state index contributed by atoms with van der Waals surface area (Å²) in [4.78, 5) is 47.5. The normalized spacial score (nSPS) is 28.0. The molecule has 0 bridgehead atoms. The van der Waals surface area contributed by atoms with E-state index in [1.165, 1.54) is 4.57 Å². The van der Waals surface area contributed by atoms with Crippen molar-refractivity contribution >= 4 is 56.4 Å². The largest absolute Gasteiger partial charge is 0.490 e. The summed E-state index contributed by atoms with van der Waals surface area (Å²) in [6, 6.07) is 0. The molecule has 0 saturated carbocycles. The number of imidazole rings is 1. The lowest BCUT2D eigenvalue weighted by Gasteiger charge is -2.19. The van der Waals surface area contributed by atoms with Gasteiger partial charge < -0.3 is 40.3 Å². The smallest absolute Gasteiger partial charge is 0.387 e. The molecule has 1 aliphatic rings. The maximum absolute atomic E-state index is 11.8. The Hall–Kier alpha value is -0.880. The van der Waals surface area contributed by atoms with Crippen LogP contribution in [0.2, 0.25) is 0 Å². The van der Waals surface area contributed by atoms with Crippen LogP contribution in [0.1, 0.15) is 6.23 Å². The van der Waals surface area contributed by atoms with E-state index in [0.29, 0.717) is 0 Å². The third kappa shape index (κ3) is 5.78. The standard InChI is InChI=1S/C10H15BrN5O13P3/c11-10-15-4-7(12)13-2-14-8(4)16(10)9-6(18)5(17)3(27-9)1-26-31(22,23)29-32(24,25)28-30(19,20)21/h2-3,5-6,9,17-18H,1H2,(H,22,23)(H,24,25)(H2,12,13,14)(H2,19,20,21)/t3-,5-,6-,9?/m1/s1. The molecule has 0 aliphatic carbocycles. The number of nitrogens with zero attached hydrogens (tertiary/aromatic N) is 4. The van der Waals surface area contributed by atoms with Gasteiger partial charge in [-0.1, -0.05) is 0 Å². The molecule has 0 spiro atoms. The van der Waals surface area contributed by atoms with Gasteiger partial charge in [-0.3, -0.25) is 9.09 Å². The van der Waals surface area contributed by atoms with Crippen molar-refractivity contribution in [3.05, 3.63) is 11.1 Å². The molecule has 0 radical (unpaired) electrons. The number of ether oxygens (including phenoxy) is 1. The van der Waals surface area contributed by atoms with Crippen molar-refractivity contribution < 1.29 is 61.4 Å². The first-order valence-corrected chi connectivity index (χ1v) is 13.4. The average Bonchev–Trinajstić information content (AvgIpc) is 3.08. The maximum Gasteiger partial charge on any atom is 0.490 e. The third-order valence-electron chi connectivity index (χ3n) is 3.87. The van der Waals surface area contributed by atoms with E-state index in [9.17, 15) is 28.8 Å². The topological polar surface area (TPSA) is 279 Å². The van der Waals surface area contributed by atoms with Gasteiger partial charge in [-0.2, -0.15) is 8.62 Å². The number of aromatic nitrogens is 4. The number of halogens is 1. The van der Waals surface area contributed by atoms with Gasteiger partial charge in [0.05, 0.1) is 6.61 Å². The zero-order valence-electron chi connectivity index (χ0n) is 15.2. The molecular formula is C10H15BrN5O13P3. The molecule has 22 heteroatoms. The van der Waals surface area contributed by atoms with Crippen LogP contribution in [-0.2, 0) is 31.6 Å². The molecule has 0 aromatic carbocycles. The van der Waals surface area contributed by atoms with Gasteiger partial charge in [0.2, 0.25) is 0 Å². The SMILES string of the molecule is Nc1ncnc2c1nc(Br)n2C1O[C@H](COP(=O)(O)OP(=O)(O)OP(=O)(O)O)[C@@H](O)[C@H]1O. The second-order valence-corrected chi connectivity index (χ2v) is 11.2. The van der Waals surface area contributed by atoms with Crippen molar-refractivity contribution in [2.24, 2.45) is 0 Å². The highest BCUT2D eigenvalue weighted by atomic mass is 79.9. The molecule has 2 aromatic rings. The number of rotatable bonds is 8. The van der Waals surface area contributed by atoms with Gasteiger partial charge in [-0.05, 0) is 15.9 Å². The minimum Gasteiger partial charge on any atom is -0.387 e. The molecule has 32 heavy (non-hydrogen) atoms. The highest BCUT2D eigenvalue weighted by Crippen LogP contribution is 2.66. The first kappa shape index (κ1) is 25.7. The Balaban J connectivity index is 1.73. The van der Waals surface area contributed by atoms with Crippen molar-refractivity contribution in [3.63, 3.8) is 0 Å². The number of phosphoric ester groups is 1. The van der Waals surface area contributed by atoms with E-state index in [0.717, 1.165) is 6.33 Å². The van der Waals surface area contributed by atoms with E-state index in [4.69, 9.17) is 25.2 Å². The minimum absolute atomic E-state index is 0.0201. The first-order valence-electron chi connectivity index (χ1n) is 8.04. The lowest BCUT2D eigenvalue weighted by molar-refractivity contribution is -0.0513. The van der Waals surface area contributed by atoms with E-state index >= 15 is 0 Å². The lowest BCUT2D eigenvalue weighted by Crippen LogP contribution is -2.33. The lowest BCUT2D eigenvalue weighted by atomic mass is 10.1. The number of aliphatic hydroxyl groups is 2. The summed E-state index contributed by atoms with van der Waals surface area (Å²) in [6.45, 7) is -0.972. The molecular weight excluding hydrogens is 571 g/mol. The Kier molecular flexibility index (Phi) is 7.28. The Morgan fingerprint density at radius 3 is 2.38 bits per heavy atom. The van der Waals surface area contributed by atoms with E-state index < -0.39 is 54.6 Å². The summed E-state index contributed by atoms with van der Waals surface area (Å²) in [7, 11) is -16.7. The van der Waals surface area contributed by atoms with Gasteiger partial charge >= 0.3 is 23.5 Å². The molecule has 6 atom stereocenters. The number of hydrogen-bond donors (Lipinski definition) is 7. The molecule has 8 N–H and O–H groups in total. The van der Waals surface area contributed by atoms with Gasteiger partial charge in [0, 0.05) is 0 Å². The van der Waals surface area contributed by atoms with Crippen molar-refractivity contribution in [1.82, 2.24) is 19.5 Å². The molecule has 18 nitrogen and oxygen atoms in total. The maximum atomic E-state index is 11.8. The van der Waals surface area contributed by atoms with Crippen molar-refractivity contribution in [2.45, 2.75) is 24.5 Å². The number of hydrogen-bond acceptors (Lipinski definition) is 13. The molecule has 1 fully saturated rings. The molecule has 3 unspecified atom stereocenters. The van der Waals surface area contributed by atoms with Crippen LogP contribution in [0.5, 0.6) is 0 Å². The van der Waals surface area contributed by atoms with E-state index in [2.05, 4.69) is 44.0 Å². The fourth-order valence-electron chi connectivity index (χ4n) is 2.68. The second kappa shape index (κ2) is 9.05. The summed E-state index contributed by atoms with van der Waals surface area (Å²) in [5.41, 5.74) is 5.99. The molecule has 0 amide bonds. The van der Waals surface area contributed by atoms with Gasteiger partial charge in [-0.25, -0.2) is 28.6 Å². The Bertz CT molecular complexity index is 1160. The fraction of sp³-hybridized carbons (Fsp3) is 0.500. The summed E-state index contributed by atoms with van der Waals surface area (Å²) in [5.74, 6) is 0.0201. The van der Waals surface area contributed by atoms with Crippen LogP contribution < -0.4 is 5.73 Å². The Morgan fingerprint density at radius 2 is 1.75 bits per heavy atom. The highest BCUT2D eigenvalue weighted by Gasteiger charge is 2.47. The quantitative estimate of drug-likeness (QED) is 0.146. The monoisotopic (exact) mass is 585 g/mol. The molecule has 180 valence electrons. The van der Waals surface area contributed by atoms with Crippen LogP contribution >= 0.6 is 39.4 Å². The fourth-order valence-corrected chi connectivity index (χ4v) is 6.25. The molecule has 2 aromatic heterocycles. The van der Waals surface area contributed by atoms with Gasteiger partial charge in [0.15, 0.2) is 27.9 Å². The number of aliphatic hydroxyl groups excluding tert-OH is 2. The number of fused-ring (bicyclic) bond motifs is 1. The van der Waals surface area contributed by atoms with E-state index in [-0.39, 0.29) is 21.7 Å². The average molecular weight is 586 g/mol. The zero-order chi connectivity index (χ0) is 24.1. The number of anilines is 1. The number of nitrogen functional groups attached to an aromatic ring is 1. The van der Waals surface area contributed by atoms with Gasteiger partial charge in [0.25, 0.3) is 0 Å². The van der Waals surface area contributed by atoms with Crippen LogP contribution in [0.3, 0.4) is 0 Å². The summed E-state index contributed by atoms with van der Waals surface area (Å²) in [6.07, 6.45) is -5.03. The van der Waals surface area contributed by atoms with Crippen molar-refractivity contribution in [1.29, 1.82) is 0 Å². The van der Waals surface area contributed by atoms with E-state index in [1.807, 2.05) is 0 Å². The molecule has 3 heterocycles. The highest BCUT2D eigenvalue weighted by molar-refractivity contribution is 9.10. The van der Waals surface area contributed by atoms with Gasteiger partial charge in [-0.15, -0.1) is 0 Å². The second-order valence-electron chi connectivity index (χ2n) is 6.11. The third-order valence-corrected chi connectivity index (χ3v) is 8.23. The molecule has 1 saturated heterocycles. The first-order chi connectivity index (χ1) is 14.6. The van der Waals surface area contributed by atoms with Crippen LogP contribution in [0, 0.1) is 0 Å². The van der Waals surface area contributed by atoms with Gasteiger partial charge in [0.1, 0.15) is 24.6 Å². The number of nitrogens with two attached hydrogens (primary N) is 1. The summed E-state index contributed by atoms with van der Waals surface area (Å²) < 4.78 is 52.2. The summed E-state index contributed by atoms with van der Waals surface area (Å²) >= 11 is 3.13. The molecule has 1 aliphatic heterocycles. The predicted octanol–water partition coefficient (Wildman–Crippen LogP) is -0.867. The van der Waals surface area contributed by atoms with Crippen molar-refractivity contribution in [2.75, 3.05) is 12.3 Å². The van der Waals surface area contributed by atoms with Crippen LogP contribution in [0.4, 0.5) is 5.82 Å². The zero-order valence-corrected chi connectivity index (χ0v) is 19.5. The predicted molar refractivity (Wildman–Crippen MR) is 103 cm³/mol. The Morgan fingerprint density at radius 1 is 1.09 bits per heavy atom. The Labute approximate surface area is 185 Å². The number of phosphoric acid groups is 3. The van der Waals surface area contributed by atoms with Crippen LogP contribution in [-0.4, -0.2) is 74.2 Å². The molecule has 3 rings (SSSR count). The van der Waals surface area contributed by atoms with Crippen molar-refractivity contribution in [3.8, 4) is 0 Å². The van der Waals surface area contributed by atoms with E-state index in [1.54, 1.807) is 0 Å². The summed E-state index contributed by atoms with van der Waals surface area (Å²) in [5, 5.41) is 20.6. The minimum atomic E-state index is -5.71. The van der Waals surface area contributed by atoms with Crippen LogP contribution in [0.15, 0.2) is 11.1 Å².